The highest BCUT2D eigenvalue weighted by atomic mass is 19.1. The molecule has 0 spiro atoms. The van der Waals surface area contributed by atoms with Gasteiger partial charge in [0.1, 0.15) is 29.0 Å². The molecule has 1 unspecified atom stereocenters. The van der Waals surface area contributed by atoms with E-state index in [4.69, 9.17) is 14.7 Å². The minimum atomic E-state index is -1.02. The molecule has 1 aromatic carbocycles. The monoisotopic (exact) mass is 529 g/mol. The van der Waals surface area contributed by atoms with E-state index in [0.29, 0.717) is 24.2 Å². The van der Waals surface area contributed by atoms with Crippen LogP contribution in [0, 0.1) is 52.1 Å². The Balaban J connectivity index is 1.19. The third kappa shape index (κ3) is 6.76. The van der Waals surface area contributed by atoms with Gasteiger partial charge in [0.25, 0.3) is 0 Å². The zero-order chi connectivity index (χ0) is 27.1. The lowest BCUT2D eigenvalue weighted by Gasteiger charge is -2.50. The van der Waals surface area contributed by atoms with Gasteiger partial charge in [-0.15, -0.1) is 0 Å². The number of carbonyl (C=O) groups is 1. The van der Waals surface area contributed by atoms with Gasteiger partial charge in [-0.2, -0.15) is 5.26 Å². The molecular formula is C32H45F2NO3. The molecule has 4 rings (SSSR count). The fourth-order valence-corrected chi connectivity index (χ4v) is 7.79. The number of halogens is 2. The predicted octanol–water partition coefficient (Wildman–Crippen LogP) is 8.51. The summed E-state index contributed by atoms with van der Waals surface area (Å²) in [5.41, 5.74) is -0.0990. The van der Waals surface area contributed by atoms with Crippen molar-refractivity contribution in [1.82, 2.24) is 0 Å². The number of nitrogens with zero attached hydrogens (tertiary/aromatic N) is 1. The molecule has 38 heavy (non-hydrogen) atoms. The van der Waals surface area contributed by atoms with Crippen molar-refractivity contribution in [3.05, 3.63) is 29.3 Å². The molecule has 0 N–H and O–H groups in total. The van der Waals surface area contributed by atoms with Crippen LogP contribution in [0.4, 0.5) is 8.78 Å². The van der Waals surface area contributed by atoms with Gasteiger partial charge in [-0.05, 0) is 87.4 Å². The van der Waals surface area contributed by atoms with Gasteiger partial charge in [0.15, 0.2) is 0 Å². The van der Waals surface area contributed by atoms with Crippen molar-refractivity contribution in [3.8, 4) is 11.8 Å². The molecule has 0 heterocycles. The maximum atomic E-state index is 13.8. The van der Waals surface area contributed by atoms with Gasteiger partial charge in [0.2, 0.25) is 0 Å². The molecule has 3 saturated carbocycles. The summed E-state index contributed by atoms with van der Waals surface area (Å²) in [7, 11) is 0. The van der Waals surface area contributed by atoms with Crippen LogP contribution in [-0.2, 0) is 9.53 Å². The van der Waals surface area contributed by atoms with E-state index in [0.717, 1.165) is 43.4 Å². The van der Waals surface area contributed by atoms with Crippen molar-refractivity contribution >= 4 is 5.97 Å². The molecule has 6 heteroatoms. The van der Waals surface area contributed by atoms with E-state index in [1.54, 1.807) is 0 Å². The van der Waals surface area contributed by atoms with Crippen LogP contribution in [0.25, 0.3) is 0 Å². The van der Waals surface area contributed by atoms with Crippen LogP contribution < -0.4 is 4.74 Å². The quantitative estimate of drug-likeness (QED) is 0.238. The Morgan fingerprint density at radius 2 is 1.66 bits per heavy atom. The summed E-state index contributed by atoms with van der Waals surface area (Å²) in [6, 6.07) is 3.26. The summed E-state index contributed by atoms with van der Waals surface area (Å²) in [5.74, 6) is -0.670. The van der Waals surface area contributed by atoms with E-state index < -0.39 is 23.2 Å². The van der Waals surface area contributed by atoms with Crippen molar-refractivity contribution < 1.29 is 23.0 Å². The Labute approximate surface area is 227 Å². The molecular weight excluding hydrogens is 484 g/mol. The lowest BCUT2D eigenvalue weighted by atomic mass is 9.55. The molecule has 0 saturated heterocycles. The van der Waals surface area contributed by atoms with E-state index >= 15 is 0 Å². The maximum Gasteiger partial charge on any atom is 0.314 e. The van der Waals surface area contributed by atoms with Crippen molar-refractivity contribution in [3.63, 3.8) is 0 Å². The molecule has 1 atom stereocenters. The number of esters is 1. The lowest BCUT2D eigenvalue weighted by Crippen LogP contribution is -2.41. The third-order valence-electron chi connectivity index (χ3n) is 10.1. The van der Waals surface area contributed by atoms with E-state index in [9.17, 15) is 13.6 Å². The Kier molecular flexibility index (Phi) is 10.2. The average Bonchev–Trinajstić information content (AvgIpc) is 2.93. The van der Waals surface area contributed by atoms with Crippen LogP contribution in [-0.4, -0.2) is 18.7 Å². The summed E-state index contributed by atoms with van der Waals surface area (Å²) in [6.45, 7) is 5.67. The second-order valence-corrected chi connectivity index (χ2v) is 12.3. The van der Waals surface area contributed by atoms with Gasteiger partial charge >= 0.3 is 5.97 Å². The van der Waals surface area contributed by atoms with Crippen LogP contribution in [0.15, 0.2) is 12.1 Å². The van der Waals surface area contributed by atoms with Crippen molar-refractivity contribution in [1.29, 1.82) is 5.26 Å². The minimum Gasteiger partial charge on any atom is -0.426 e. The second-order valence-electron chi connectivity index (χ2n) is 12.3. The summed E-state index contributed by atoms with van der Waals surface area (Å²) in [5, 5.41) is 8.79. The van der Waals surface area contributed by atoms with Gasteiger partial charge in [-0.1, -0.05) is 46.0 Å². The largest absolute Gasteiger partial charge is 0.426 e. The molecule has 0 aromatic heterocycles. The maximum absolute atomic E-state index is 13.8. The topological polar surface area (TPSA) is 59.3 Å². The zero-order valence-corrected chi connectivity index (χ0v) is 23.3. The summed E-state index contributed by atoms with van der Waals surface area (Å²) in [6.07, 6.45) is 18.0. The smallest absolute Gasteiger partial charge is 0.314 e. The van der Waals surface area contributed by atoms with E-state index in [2.05, 4.69) is 13.8 Å². The first kappa shape index (κ1) is 29.0. The average molecular weight is 530 g/mol. The summed E-state index contributed by atoms with van der Waals surface area (Å²) in [4.78, 5) is 12.6. The Bertz CT molecular complexity index is 944. The fourth-order valence-electron chi connectivity index (χ4n) is 7.79. The van der Waals surface area contributed by atoms with Gasteiger partial charge < -0.3 is 9.47 Å². The number of ether oxygens (including phenoxy) is 2. The van der Waals surface area contributed by atoms with Crippen LogP contribution in [0.1, 0.15) is 116 Å². The first-order chi connectivity index (χ1) is 18.4. The first-order valence-electron chi connectivity index (χ1n) is 15.1. The lowest BCUT2D eigenvalue weighted by molar-refractivity contribution is -0.141. The van der Waals surface area contributed by atoms with E-state index in [1.165, 1.54) is 76.7 Å². The van der Waals surface area contributed by atoms with Crippen LogP contribution in [0.3, 0.4) is 0 Å². The van der Waals surface area contributed by atoms with Gasteiger partial charge in [0, 0.05) is 18.7 Å². The molecule has 0 amide bonds. The van der Waals surface area contributed by atoms with Crippen molar-refractivity contribution in [2.75, 3.05) is 6.61 Å². The fraction of sp³-hybridized carbons (Fsp3) is 0.750. The minimum absolute atomic E-state index is 0.163. The van der Waals surface area contributed by atoms with Crippen molar-refractivity contribution in [2.24, 2.45) is 29.1 Å². The molecule has 3 aliphatic rings. The standard InChI is InChI=1S/C32H45F2NO3/c1-3-7-22(2)32(16-5-4-6-17-32)25-12-8-23(9-13-25)21-37-26-14-10-24(11-15-26)31(36)38-27-18-29(33)28(20-35)30(34)19-27/h18-19,22-26H,3-17,21H2,1-2H3/t22?,23-,24-,25-,26-. The normalized spacial score (nSPS) is 28.3. The molecule has 3 aliphatic carbocycles. The highest BCUT2D eigenvalue weighted by molar-refractivity contribution is 5.75. The molecule has 0 bridgehead atoms. The molecule has 1 aromatic rings. The Morgan fingerprint density at radius 3 is 2.24 bits per heavy atom. The molecule has 0 aliphatic heterocycles. The van der Waals surface area contributed by atoms with Gasteiger partial charge in [-0.25, -0.2) is 8.78 Å². The highest BCUT2D eigenvalue weighted by Crippen LogP contribution is 2.54. The number of nitriles is 1. The van der Waals surface area contributed by atoms with E-state index in [1.807, 2.05) is 0 Å². The highest BCUT2D eigenvalue weighted by Gasteiger charge is 2.44. The van der Waals surface area contributed by atoms with Crippen LogP contribution >= 0.6 is 0 Å². The SMILES string of the molecule is CCCC(C)C1([C@H]2CC[C@H](CO[C@H]3CC[C@H](C(=O)Oc4cc(F)c(C#N)c(F)c4)CC3)CC2)CCCCC1. The van der Waals surface area contributed by atoms with Crippen molar-refractivity contribution in [2.45, 2.75) is 116 Å². The molecule has 4 nitrogen and oxygen atoms in total. The molecule has 0 radical (unpaired) electrons. The van der Waals surface area contributed by atoms with Crippen LogP contribution in [0.5, 0.6) is 5.75 Å². The molecule has 3 fully saturated rings. The number of benzene rings is 1. The van der Waals surface area contributed by atoms with Gasteiger partial charge in [-0.3, -0.25) is 4.79 Å². The zero-order valence-electron chi connectivity index (χ0n) is 23.3. The Hall–Kier alpha value is -2.00. The van der Waals surface area contributed by atoms with E-state index in [-0.39, 0.29) is 17.8 Å². The van der Waals surface area contributed by atoms with Gasteiger partial charge in [0.05, 0.1) is 12.0 Å². The predicted molar refractivity (Wildman–Crippen MR) is 143 cm³/mol. The summed E-state index contributed by atoms with van der Waals surface area (Å²) >= 11 is 0. The number of hydrogen-bond donors (Lipinski definition) is 0. The summed E-state index contributed by atoms with van der Waals surface area (Å²) < 4.78 is 39.2. The van der Waals surface area contributed by atoms with Crippen LogP contribution in [0.2, 0.25) is 0 Å². The Morgan fingerprint density at radius 1 is 1.03 bits per heavy atom. The third-order valence-corrected chi connectivity index (χ3v) is 10.1. The number of carbonyl (C=O) groups excluding carboxylic acids is 1. The molecule has 210 valence electrons. The second kappa shape index (κ2) is 13.4. The first-order valence-corrected chi connectivity index (χ1v) is 15.1. The number of hydrogen-bond acceptors (Lipinski definition) is 4. The number of rotatable bonds is 9.